The number of aryl methyl sites for hydroxylation is 2. The molecular formula is C30H25ClN8O. The van der Waals surface area contributed by atoms with Crippen molar-refractivity contribution in [3.63, 3.8) is 0 Å². The number of hydrogen-bond donors (Lipinski definition) is 1. The van der Waals surface area contributed by atoms with E-state index in [9.17, 15) is 10.1 Å². The van der Waals surface area contributed by atoms with Gasteiger partial charge < -0.3 is 10.2 Å². The van der Waals surface area contributed by atoms with E-state index in [-0.39, 0.29) is 11.9 Å². The van der Waals surface area contributed by atoms with Crippen LogP contribution in [0.15, 0.2) is 67.4 Å². The number of rotatable bonds is 5. The van der Waals surface area contributed by atoms with Crippen molar-refractivity contribution in [2.75, 3.05) is 18.0 Å². The smallest absolute Gasteiger partial charge is 0.253 e. The first-order valence-corrected chi connectivity index (χ1v) is 13.5. The molecule has 0 bridgehead atoms. The number of nitrogens with zero attached hydrogens (tertiary/aromatic N) is 7. The van der Waals surface area contributed by atoms with Crippen molar-refractivity contribution >= 4 is 28.8 Å². The van der Waals surface area contributed by atoms with Gasteiger partial charge in [-0.2, -0.15) is 15.5 Å². The maximum Gasteiger partial charge on any atom is 0.253 e. The highest BCUT2D eigenvalue weighted by Gasteiger charge is 2.56. The van der Waals surface area contributed by atoms with Crippen LogP contribution in [0.2, 0.25) is 5.02 Å². The van der Waals surface area contributed by atoms with E-state index in [2.05, 4.69) is 32.5 Å². The molecule has 0 spiro atoms. The van der Waals surface area contributed by atoms with Gasteiger partial charge in [0.05, 0.1) is 34.1 Å². The average molecular weight is 549 g/mol. The third kappa shape index (κ3) is 4.00. The Morgan fingerprint density at radius 1 is 1.05 bits per heavy atom. The number of fused-ring (bicyclic) bond motifs is 2. The Labute approximate surface area is 235 Å². The van der Waals surface area contributed by atoms with Crippen molar-refractivity contribution in [1.82, 2.24) is 29.7 Å². The number of pyridine rings is 2. The fourth-order valence-electron chi connectivity index (χ4n) is 5.95. The SMILES string of the molecule is Cc1cccc(Cl)c1C(=O)NC1[C@H]2CN(c3ccc(-c4cc(-c5cnn(C)c5)cn5ncc(C#N)c45)cn3)C[C@@H]12. The highest BCUT2D eigenvalue weighted by Crippen LogP contribution is 2.47. The number of amides is 1. The van der Waals surface area contributed by atoms with Gasteiger partial charge >= 0.3 is 0 Å². The van der Waals surface area contributed by atoms with Crippen molar-refractivity contribution in [1.29, 1.82) is 5.26 Å². The van der Waals surface area contributed by atoms with E-state index in [4.69, 9.17) is 16.6 Å². The minimum atomic E-state index is -0.104. The van der Waals surface area contributed by atoms with Gasteiger partial charge in [-0.1, -0.05) is 23.7 Å². The summed E-state index contributed by atoms with van der Waals surface area (Å²) >= 11 is 6.29. The first-order chi connectivity index (χ1) is 19.4. The molecule has 2 aliphatic rings. The monoisotopic (exact) mass is 548 g/mol. The molecule has 1 N–H and O–H groups in total. The van der Waals surface area contributed by atoms with Gasteiger partial charge in [0.2, 0.25) is 0 Å². The zero-order valence-electron chi connectivity index (χ0n) is 21.9. The molecule has 1 saturated carbocycles. The highest BCUT2D eigenvalue weighted by atomic mass is 35.5. The number of anilines is 1. The van der Waals surface area contributed by atoms with Crippen LogP contribution in [0.4, 0.5) is 5.82 Å². The van der Waals surface area contributed by atoms with E-state index in [0.29, 0.717) is 28.0 Å². The van der Waals surface area contributed by atoms with Crippen molar-refractivity contribution in [3.8, 4) is 28.3 Å². The number of nitriles is 1. The molecule has 1 amide bonds. The van der Waals surface area contributed by atoms with Gasteiger partial charge in [-0.05, 0) is 36.8 Å². The second-order valence-corrected chi connectivity index (χ2v) is 11.0. The first-order valence-electron chi connectivity index (χ1n) is 13.1. The number of halogens is 1. The lowest BCUT2D eigenvalue weighted by Gasteiger charge is -2.22. The molecule has 40 heavy (non-hydrogen) atoms. The molecule has 4 aromatic heterocycles. The van der Waals surface area contributed by atoms with E-state index < -0.39 is 0 Å². The molecular weight excluding hydrogens is 524 g/mol. The van der Waals surface area contributed by atoms with Crippen molar-refractivity contribution in [2.24, 2.45) is 18.9 Å². The molecule has 5 aromatic rings. The van der Waals surface area contributed by atoms with Crippen LogP contribution in [0.3, 0.4) is 0 Å². The molecule has 198 valence electrons. The minimum absolute atomic E-state index is 0.104. The summed E-state index contributed by atoms with van der Waals surface area (Å²) < 4.78 is 3.50. The van der Waals surface area contributed by atoms with Crippen molar-refractivity contribution < 1.29 is 4.79 Å². The van der Waals surface area contributed by atoms with Gasteiger partial charge in [0.25, 0.3) is 5.91 Å². The zero-order valence-corrected chi connectivity index (χ0v) is 22.7. The molecule has 1 aliphatic heterocycles. The van der Waals surface area contributed by atoms with Crippen molar-refractivity contribution in [3.05, 3.63) is 89.1 Å². The lowest BCUT2D eigenvalue weighted by Crippen LogP contribution is -2.35. The van der Waals surface area contributed by atoms with Gasteiger partial charge in [0.1, 0.15) is 11.9 Å². The zero-order chi connectivity index (χ0) is 27.5. The molecule has 1 aliphatic carbocycles. The summed E-state index contributed by atoms with van der Waals surface area (Å²) in [5.74, 6) is 1.59. The van der Waals surface area contributed by atoms with Gasteiger partial charge in [-0.15, -0.1) is 0 Å². The molecule has 7 rings (SSSR count). The second-order valence-electron chi connectivity index (χ2n) is 10.6. The summed E-state index contributed by atoms with van der Waals surface area (Å²) in [4.78, 5) is 19.9. The fourth-order valence-corrected chi connectivity index (χ4v) is 6.26. The lowest BCUT2D eigenvalue weighted by molar-refractivity contribution is 0.0946. The Morgan fingerprint density at radius 3 is 2.55 bits per heavy atom. The number of nitrogens with one attached hydrogen (secondary N) is 1. The van der Waals surface area contributed by atoms with E-state index in [0.717, 1.165) is 52.2 Å². The number of carbonyl (C=O) groups is 1. The Hall–Kier alpha value is -4.68. The topological polar surface area (TPSA) is 104 Å². The molecule has 10 heteroatoms. The predicted octanol–water partition coefficient (Wildman–Crippen LogP) is 4.49. The minimum Gasteiger partial charge on any atom is -0.356 e. The maximum absolute atomic E-state index is 12.9. The van der Waals surface area contributed by atoms with Crippen LogP contribution in [0.25, 0.3) is 27.8 Å². The molecule has 1 unspecified atom stereocenters. The van der Waals surface area contributed by atoms with E-state index >= 15 is 0 Å². The van der Waals surface area contributed by atoms with Crippen molar-refractivity contribution in [2.45, 2.75) is 13.0 Å². The average Bonchev–Trinajstić information content (AvgIpc) is 3.40. The Bertz CT molecular complexity index is 1800. The molecule has 1 saturated heterocycles. The van der Waals surface area contributed by atoms with Gasteiger partial charge in [0, 0.05) is 78.9 Å². The highest BCUT2D eigenvalue weighted by molar-refractivity contribution is 6.34. The van der Waals surface area contributed by atoms with Crippen LogP contribution in [0, 0.1) is 30.1 Å². The summed E-state index contributed by atoms with van der Waals surface area (Å²) in [6.45, 7) is 3.58. The molecule has 9 nitrogen and oxygen atoms in total. The number of carbonyl (C=O) groups excluding carboxylic acids is 1. The van der Waals surface area contributed by atoms with E-state index in [1.807, 2.05) is 63.0 Å². The number of benzene rings is 1. The summed E-state index contributed by atoms with van der Waals surface area (Å²) in [5.41, 5.74) is 6.40. The Morgan fingerprint density at radius 2 is 1.88 bits per heavy atom. The standard InChI is InChI=1S/C30H25ClN8O/c1-17-4-3-5-25(31)27(17)30(40)36-28-23-15-38(16-24(23)28)26-7-6-18(10-33-26)22-8-19(21-12-34-37(2)13-21)14-39-29(22)20(9-32)11-35-39/h3-8,10-14,23-24,28H,15-16H2,1-2H3,(H,36,40)/t23-,24+,28?. The van der Waals surface area contributed by atoms with Crippen LogP contribution in [-0.2, 0) is 7.05 Å². The maximum atomic E-state index is 12.9. The third-order valence-corrected chi connectivity index (χ3v) is 8.41. The molecule has 3 atom stereocenters. The summed E-state index contributed by atoms with van der Waals surface area (Å²) in [5, 5.41) is 22.1. The van der Waals surface area contributed by atoms with Gasteiger partial charge in [-0.25, -0.2) is 9.50 Å². The van der Waals surface area contributed by atoms with Crippen LogP contribution >= 0.6 is 11.6 Å². The quantitative estimate of drug-likeness (QED) is 0.347. The Balaban J connectivity index is 1.10. The molecule has 1 aromatic carbocycles. The van der Waals surface area contributed by atoms with Crippen LogP contribution in [-0.4, -0.2) is 49.4 Å². The van der Waals surface area contributed by atoms with Crippen LogP contribution in [0.5, 0.6) is 0 Å². The van der Waals surface area contributed by atoms with Gasteiger partial charge in [-0.3, -0.25) is 9.48 Å². The number of piperidine rings is 1. The van der Waals surface area contributed by atoms with E-state index in [1.165, 1.54) is 0 Å². The lowest BCUT2D eigenvalue weighted by atomic mass is 10.0. The summed E-state index contributed by atoms with van der Waals surface area (Å²) in [6, 6.07) is 14.1. The first kappa shape index (κ1) is 24.4. The molecule has 2 fully saturated rings. The van der Waals surface area contributed by atoms with Crippen LogP contribution < -0.4 is 10.2 Å². The molecule has 5 heterocycles. The predicted molar refractivity (Wildman–Crippen MR) is 152 cm³/mol. The largest absolute Gasteiger partial charge is 0.356 e. The van der Waals surface area contributed by atoms with E-state index in [1.54, 1.807) is 21.5 Å². The van der Waals surface area contributed by atoms with Crippen LogP contribution in [0.1, 0.15) is 21.5 Å². The fraction of sp³-hybridized carbons (Fsp3) is 0.233. The van der Waals surface area contributed by atoms with Gasteiger partial charge in [0.15, 0.2) is 0 Å². The number of hydrogen-bond acceptors (Lipinski definition) is 6. The second kappa shape index (κ2) is 9.21. The normalized spacial score (nSPS) is 19.4. The third-order valence-electron chi connectivity index (χ3n) is 8.09. The molecule has 0 radical (unpaired) electrons. The Kier molecular flexibility index (Phi) is 5.61. The number of aromatic nitrogens is 5. The summed E-state index contributed by atoms with van der Waals surface area (Å²) in [7, 11) is 1.88. The summed E-state index contributed by atoms with van der Waals surface area (Å²) in [6.07, 6.45) is 9.12.